The van der Waals surface area contributed by atoms with E-state index in [0.717, 1.165) is 24.8 Å². The van der Waals surface area contributed by atoms with Crippen molar-refractivity contribution in [3.8, 4) is 0 Å². The van der Waals surface area contributed by atoms with Crippen LogP contribution in [0.1, 0.15) is 25.7 Å². The van der Waals surface area contributed by atoms with Gasteiger partial charge in [-0.3, -0.25) is 0 Å². The third-order valence-electron chi connectivity index (χ3n) is 2.27. The number of hydrogen-bond acceptors (Lipinski definition) is 2. The smallest absolute Gasteiger partial charge is 0.372 e. The number of hydrogen-bond donors (Lipinski definition) is 0. The second-order valence-electron chi connectivity index (χ2n) is 4.07. The van der Waals surface area contributed by atoms with Crippen LogP contribution in [-0.4, -0.2) is 49.8 Å². The summed E-state index contributed by atoms with van der Waals surface area (Å²) in [5, 5.41) is 1.03. The van der Waals surface area contributed by atoms with E-state index < -0.39 is 12.8 Å². The highest BCUT2D eigenvalue weighted by Crippen LogP contribution is 2.14. The summed E-state index contributed by atoms with van der Waals surface area (Å²) in [5.41, 5.74) is 0. The molecule has 0 saturated carbocycles. The molecule has 0 aliphatic heterocycles. The molecule has 0 bridgehead atoms. The fourth-order valence-corrected chi connectivity index (χ4v) is 1.79. The van der Waals surface area contributed by atoms with Crippen molar-refractivity contribution in [1.82, 2.24) is 4.90 Å². The quantitative estimate of drug-likeness (QED) is 0.451. The molecule has 0 N–H and O–H groups in total. The average molecular weight is 320 g/mol. The number of rotatable bonds is 10. The van der Waals surface area contributed by atoms with Crippen LogP contribution < -0.4 is 0 Å². The highest BCUT2D eigenvalue weighted by atomic mass is 79.9. The molecule has 0 aromatic rings. The van der Waals surface area contributed by atoms with Crippen molar-refractivity contribution < 1.29 is 17.9 Å². The molecule has 104 valence electrons. The molecule has 0 saturated heterocycles. The third-order valence-corrected chi connectivity index (χ3v) is 2.83. The van der Waals surface area contributed by atoms with E-state index in [2.05, 4.69) is 25.6 Å². The molecule has 0 aliphatic carbocycles. The molecule has 0 amide bonds. The molecule has 0 aliphatic rings. The van der Waals surface area contributed by atoms with Crippen molar-refractivity contribution in [2.24, 2.45) is 0 Å². The van der Waals surface area contributed by atoms with Crippen molar-refractivity contribution >= 4 is 15.9 Å². The first-order valence-electron chi connectivity index (χ1n) is 5.84. The number of ether oxygens (including phenoxy) is 1. The van der Waals surface area contributed by atoms with Gasteiger partial charge >= 0.3 is 6.18 Å². The van der Waals surface area contributed by atoms with E-state index in [-0.39, 0.29) is 6.61 Å². The molecule has 0 fully saturated rings. The maximum atomic E-state index is 11.7. The summed E-state index contributed by atoms with van der Waals surface area (Å²) in [7, 11) is 1.98. The van der Waals surface area contributed by atoms with Crippen LogP contribution in [0.25, 0.3) is 0 Å². The number of nitrogens with zero attached hydrogens (tertiary/aromatic N) is 1. The molecule has 0 unspecified atom stereocenters. The summed E-state index contributed by atoms with van der Waals surface area (Å²) in [6.45, 7) is 0.811. The van der Waals surface area contributed by atoms with Gasteiger partial charge in [-0.25, -0.2) is 0 Å². The van der Waals surface area contributed by atoms with E-state index in [1.165, 1.54) is 12.8 Å². The van der Waals surface area contributed by atoms with Crippen LogP contribution in [0.15, 0.2) is 0 Å². The molecule has 0 rings (SSSR count). The molecule has 6 heteroatoms. The Morgan fingerprint density at radius 3 is 2.29 bits per heavy atom. The monoisotopic (exact) mass is 319 g/mol. The van der Waals surface area contributed by atoms with Crippen LogP contribution in [0.2, 0.25) is 0 Å². The van der Waals surface area contributed by atoms with Crippen LogP contribution >= 0.6 is 15.9 Å². The Labute approximate surface area is 110 Å². The van der Waals surface area contributed by atoms with Crippen LogP contribution in [0.4, 0.5) is 13.2 Å². The van der Waals surface area contributed by atoms with Crippen LogP contribution in [0, 0.1) is 0 Å². The van der Waals surface area contributed by atoms with Gasteiger partial charge in [0.25, 0.3) is 0 Å². The van der Waals surface area contributed by atoms with Gasteiger partial charge in [-0.15, -0.1) is 0 Å². The van der Waals surface area contributed by atoms with E-state index in [0.29, 0.717) is 6.42 Å². The van der Waals surface area contributed by atoms with Gasteiger partial charge in [0.15, 0.2) is 0 Å². The predicted molar refractivity (Wildman–Crippen MR) is 66.6 cm³/mol. The molecule has 0 aromatic carbocycles. The van der Waals surface area contributed by atoms with Gasteiger partial charge in [0.1, 0.15) is 6.61 Å². The van der Waals surface area contributed by atoms with E-state index in [9.17, 15) is 13.2 Å². The maximum Gasteiger partial charge on any atom is 0.411 e. The minimum atomic E-state index is -4.21. The SMILES string of the molecule is CN(CCCCCBr)CCCOCC(F)(F)F. The van der Waals surface area contributed by atoms with Crippen LogP contribution in [0.5, 0.6) is 0 Å². The molecule has 0 aromatic heterocycles. The van der Waals surface area contributed by atoms with Gasteiger partial charge in [0.05, 0.1) is 0 Å². The van der Waals surface area contributed by atoms with Crippen molar-refractivity contribution in [2.45, 2.75) is 31.9 Å². The fourth-order valence-electron chi connectivity index (χ4n) is 1.39. The van der Waals surface area contributed by atoms with Crippen LogP contribution in [-0.2, 0) is 4.74 Å². The lowest BCUT2D eigenvalue weighted by atomic mass is 10.2. The van der Waals surface area contributed by atoms with Gasteiger partial charge in [-0.05, 0) is 32.9 Å². The zero-order chi connectivity index (χ0) is 13.1. The Bertz CT molecular complexity index is 179. The zero-order valence-corrected chi connectivity index (χ0v) is 11.8. The molecule has 17 heavy (non-hydrogen) atoms. The summed E-state index contributed by atoms with van der Waals surface area (Å²) in [4.78, 5) is 2.13. The van der Waals surface area contributed by atoms with E-state index >= 15 is 0 Å². The van der Waals surface area contributed by atoms with Gasteiger partial charge < -0.3 is 9.64 Å². The molecular weight excluding hydrogens is 299 g/mol. The van der Waals surface area contributed by atoms with Gasteiger partial charge in [0.2, 0.25) is 0 Å². The largest absolute Gasteiger partial charge is 0.411 e. The maximum absolute atomic E-state index is 11.7. The van der Waals surface area contributed by atoms with Crippen molar-refractivity contribution in [3.63, 3.8) is 0 Å². The van der Waals surface area contributed by atoms with Gasteiger partial charge in [-0.2, -0.15) is 13.2 Å². The summed E-state index contributed by atoms with van der Waals surface area (Å²) in [6.07, 6.45) is -0.0825. The fraction of sp³-hybridized carbons (Fsp3) is 1.00. The summed E-state index contributed by atoms with van der Waals surface area (Å²) >= 11 is 3.37. The lowest BCUT2D eigenvalue weighted by molar-refractivity contribution is -0.174. The molecule has 0 spiro atoms. The van der Waals surface area contributed by atoms with Crippen LogP contribution in [0.3, 0.4) is 0 Å². The highest BCUT2D eigenvalue weighted by molar-refractivity contribution is 9.09. The molecule has 0 radical (unpaired) electrons. The van der Waals surface area contributed by atoms with Gasteiger partial charge in [-0.1, -0.05) is 22.4 Å². The minimum Gasteiger partial charge on any atom is -0.372 e. The Kier molecular flexibility index (Phi) is 10.3. The average Bonchev–Trinajstić information content (AvgIpc) is 2.22. The topological polar surface area (TPSA) is 12.5 Å². The summed E-state index contributed by atoms with van der Waals surface area (Å²) in [5.74, 6) is 0. The Morgan fingerprint density at radius 1 is 1.06 bits per heavy atom. The number of alkyl halides is 4. The molecule has 0 atom stereocenters. The Balaban J connectivity index is 3.24. The Hall–Kier alpha value is 0.190. The standard InChI is InChI=1S/C11H21BrF3NO/c1-16(7-4-2-3-6-12)8-5-9-17-10-11(13,14)15/h2-10H2,1H3. The number of halogens is 4. The van der Waals surface area contributed by atoms with E-state index in [1.807, 2.05) is 7.05 Å². The first-order valence-corrected chi connectivity index (χ1v) is 6.97. The third kappa shape index (κ3) is 14.1. The minimum absolute atomic E-state index is 0.172. The lowest BCUT2D eigenvalue weighted by Crippen LogP contribution is -2.23. The number of unbranched alkanes of at least 4 members (excludes halogenated alkanes) is 2. The second kappa shape index (κ2) is 10.1. The first kappa shape index (κ1) is 17.2. The summed E-state index contributed by atoms with van der Waals surface area (Å²) < 4.78 is 39.8. The lowest BCUT2D eigenvalue weighted by Gasteiger charge is -2.16. The van der Waals surface area contributed by atoms with Crippen molar-refractivity contribution in [1.29, 1.82) is 0 Å². The summed E-state index contributed by atoms with van der Waals surface area (Å²) in [6, 6.07) is 0. The highest BCUT2D eigenvalue weighted by Gasteiger charge is 2.27. The molecule has 2 nitrogen and oxygen atoms in total. The van der Waals surface area contributed by atoms with E-state index in [4.69, 9.17) is 0 Å². The zero-order valence-electron chi connectivity index (χ0n) is 10.2. The van der Waals surface area contributed by atoms with Crippen molar-refractivity contribution in [3.05, 3.63) is 0 Å². The van der Waals surface area contributed by atoms with E-state index in [1.54, 1.807) is 0 Å². The predicted octanol–water partition coefficient (Wildman–Crippen LogP) is 3.45. The first-order chi connectivity index (χ1) is 7.95. The van der Waals surface area contributed by atoms with Gasteiger partial charge in [0, 0.05) is 18.5 Å². The molecular formula is C11H21BrF3NO. The van der Waals surface area contributed by atoms with Crippen molar-refractivity contribution in [2.75, 3.05) is 38.7 Å². The second-order valence-corrected chi connectivity index (χ2v) is 4.87. The Morgan fingerprint density at radius 2 is 1.71 bits per heavy atom. The molecule has 0 heterocycles. The normalized spacial score (nSPS) is 12.4.